The number of thiophene rings is 1. The van der Waals surface area contributed by atoms with Crippen molar-refractivity contribution >= 4 is 33.0 Å². The van der Waals surface area contributed by atoms with Crippen LogP contribution in [0.2, 0.25) is 4.34 Å². The first-order valence-corrected chi connectivity index (χ1v) is 7.89. The quantitative estimate of drug-likeness (QED) is 0.835. The highest BCUT2D eigenvalue weighted by molar-refractivity contribution is 7.91. The minimum absolute atomic E-state index is 0.353. The van der Waals surface area contributed by atoms with Crippen molar-refractivity contribution in [1.82, 2.24) is 4.31 Å². The molecular formula is C10H14ClNO2S2. The topological polar surface area (TPSA) is 37.4 Å². The highest BCUT2D eigenvalue weighted by Gasteiger charge is 2.29. The third-order valence-corrected chi connectivity index (χ3v) is 6.33. The minimum Gasteiger partial charge on any atom is -0.206 e. The van der Waals surface area contributed by atoms with Gasteiger partial charge in [0, 0.05) is 13.1 Å². The second-order valence-corrected chi connectivity index (χ2v) is 8.05. The predicted octanol–water partition coefficient (Wildman–Crippen LogP) is 2.82. The fourth-order valence-electron chi connectivity index (χ4n) is 1.93. The van der Waals surface area contributed by atoms with Gasteiger partial charge in [-0.15, -0.1) is 11.3 Å². The molecule has 0 spiro atoms. The van der Waals surface area contributed by atoms with Gasteiger partial charge in [-0.25, -0.2) is 8.42 Å². The van der Waals surface area contributed by atoms with E-state index in [1.165, 1.54) is 0 Å². The van der Waals surface area contributed by atoms with E-state index < -0.39 is 10.0 Å². The highest BCUT2D eigenvalue weighted by Crippen LogP contribution is 2.30. The normalized spacial score (nSPS) is 23.5. The lowest BCUT2D eigenvalue weighted by Crippen LogP contribution is -2.38. The third kappa shape index (κ3) is 2.42. The lowest BCUT2D eigenvalue weighted by Gasteiger charge is -2.29. The molecule has 90 valence electrons. The molecule has 0 aromatic carbocycles. The average molecular weight is 280 g/mol. The van der Waals surface area contributed by atoms with Crippen molar-refractivity contribution in [2.24, 2.45) is 5.92 Å². The first-order chi connectivity index (χ1) is 7.50. The number of halogens is 1. The van der Waals surface area contributed by atoms with Crippen molar-refractivity contribution in [3.05, 3.63) is 16.5 Å². The van der Waals surface area contributed by atoms with E-state index in [9.17, 15) is 8.42 Å². The summed E-state index contributed by atoms with van der Waals surface area (Å²) >= 11 is 6.89. The Labute approximate surface area is 105 Å². The van der Waals surface area contributed by atoms with Gasteiger partial charge in [-0.05, 0) is 30.9 Å². The Morgan fingerprint density at radius 1 is 1.50 bits per heavy atom. The molecule has 2 rings (SSSR count). The Kier molecular flexibility index (Phi) is 3.59. The second-order valence-electron chi connectivity index (χ2n) is 4.17. The fraction of sp³-hybridized carbons (Fsp3) is 0.600. The number of piperidine rings is 1. The van der Waals surface area contributed by atoms with E-state index in [0.717, 1.165) is 24.2 Å². The summed E-state index contributed by atoms with van der Waals surface area (Å²) in [6.07, 6.45) is 2.05. The number of hydrogen-bond donors (Lipinski definition) is 0. The zero-order valence-electron chi connectivity index (χ0n) is 9.02. The van der Waals surface area contributed by atoms with Gasteiger partial charge in [0.25, 0.3) is 10.0 Å². The summed E-state index contributed by atoms with van der Waals surface area (Å²) in [5.74, 6) is 0.443. The second kappa shape index (κ2) is 4.64. The molecular weight excluding hydrogens is 266 g/mol. The molecule has 1 aromatic heterocycles. The molecule has 0 amide bonds. The molecule has 0 N–H and O–H groups in total. The smallest absolute Gasteiger partial charge is 0.206 e. The van der Waals surface area contributed by atoms with E-state index in [1.54, 1.807) is 16.4 Å². The molecule has 0 saturated carbocycles. The zero-order valence-corrected chi connectivity index (χ0v) is 11.4. The standard InChI is InChI=1S/C10H14ClNO2S2/c1-8-3-2-6-12(7-8)16(13,14)10-5-4-9(11)15-10/h4-5,8H,2-3,6-7H2,1H3/t8-/m0/s1. The van der Waals surface area contributed by atoms with Crippen LogP contribution in [-0.2, 0) is 10.0 Å². The molecule has 16 heavy (non-hydrogen) atoms. The molecule has 0 unspecified atom stereocenters. The molecule has 1 saturated heterocycles. The predicted molar refractivity (Wildman–Crippen MR) is 66.5 cm³/mol. The maximum atomic E-state index is 12.2. The maximum absolute atomic E-state index is 12.2. The largest absolute Gasteiger partial charge is 0.252 e. The summed E-state index contributed by atoms with van der Waals surface area (Å²) in [5.41, 5.74) is 0. The molecule has 0 aliphatic carbocycles. The summed E-state index contributed by atoms with van der Waals surface area (Å²) in [4.78, 5) is 0. The van der Waals surface area contributed by atoms with Crippen LogP contribution >= 0.6 is 22.9 Å². The van der Waals surface area contributed by atoms with Gasteiger partial charge in [-0.2, -0.15) is 4.31 Å². The highest BCUT2D eigenvalue weighted by atomic mass is 35.5. The van der Waals surface area contributed by atoms with Crippen LogP contribution in [0.3, 0.4) is 0 Å². The van der Waals surface area contributed by atoms with Gasteiger partial charge in [0.1, 0.15) is 4.21 Å². The molecule has 1 aromatic rings. The van der Waals surface area contributed by atoms with E-state index in [4.69, 9.17) is 11.6 Å². The summed E-state index contributed by atoms with van der Waals surface area (Å²) in [6.45, 7) is 3.34. The first kappa shape index (κ1) is 12.4. The van der Waals surface area contributed by atoms with Crippen LogP contribution in [0.25, 0.3) is 0 Å². The third-order valence-electron chi connectivity index (χ3n) is 2.76. The summed E-state index contributed by atoms with van der Waals surface area (Å²) in [5, 5.41) is 0. The van der Waals surface area contributed by atoms with Crippen LogP contribution in [0.4, 0.5) is 0 Å². The maximum Gasteiger partial charge on any atom is 0.252 e. The Morgan fingerprint density at radius 3 is 2.81 bits per heavy atom. The Bertz CT molecular complexity index is 469. The first-order valence-electron chi connectivity index (χ1n) is 5.25. The van der Waals surface area contributed by atoms with Crippen molar-refractivity contribution in [1.29, 1.82) is 0 Å². The summed E-state index contributed by atoms with van der Waals surface area (Å²) in [6, 6.07) is 3.22. The van der Waals surface area contributed by atoms with Gasteiger partial charge >= 0.3 is 0 Å². The van der Waals surface area contributed by atoms with E-state index >= 15 is 0 Å². The zero-order chi connectivity index (χ0) is 11.8. The van der Waals surface area contributed by atoms with Crippen LogP contribution < -0.4 is 0 Å². The number of rotatable bonds is 2. The monoisotopic (exact) mass is 279 g/mol. The lowest BCUT2D eigenvalue weighted by molar-refractivity contribution is 0.281. The lowest BCUT2D eigenvalue weighted by atomic mass is 10.0. The van der Waals surface area contributed by atoms with Gasteiger partial charge in [-0.3, -0.25) is 0 Å². The average Bonchev–Trinajstić information content (AvgIpc) is 2.65. The summed E-state index contributed by atoms with van der Waals surface area (Å²) in [7, 11) is -3.31. The number of sulfonamides is 1. The van der Waals surface area contributed by atoms with E-state index in [1.807, 2.05) is 0 Å². The Morgan fingerprint density at radius 2 is 2.25 bits per heavy atom. The van der Waals surface area contributed by atoms with Gasteiger partial charge in [0.2, 0.25) is 0 Å². The van der Waals surface area contributed by atoms with Crippen molar-refractivity contribution in [2.75, 3.05) is 13.1 Å². The van der Waals surface area contributed by atoms with Crippen LogP contribution in [0, 0.1) is 5.92 Å². The van der Waals surface area contributed by atoms with Crippen LogP contribution in [0.1, 0.15) is 19.8 Å². The van der Waals surface area contributed by atoms with Gasteiger partial charge in [0.05, 0.1) is 4.34 Å². The van der Waals surface area contributed by atoms with Gasteiger partial charge < -0.3 is 0 Å². The van der Waals surface area contributed by atoms with Crippen molar-refractivity contribution in [2.45, 2.75) is 24.0 Å². The molecule has 2 heterocycles. The molecule has 0 radical (unpaired) electrons. The Hall–Kier alpha value is -0.100. The molecule has 1 aliphatic heterocycles. The van der Waals surface area contributed by atoms with Gasteiger partial charge in [0.15, 0.2) is 0 Å². The van der Waals surface area contributed by atoms with Crippen LogP contribution in [-0.4, -0.2) is 25.8 Å². The molecule has 1 aliphatic rings. The van der Waals surface area contributed by atoms with E-state index in [-0.39, 0.29) is 0 Å². The minimum atomic E-state index is -3.31. The van der Waals surface area contributed by atoms with Gasteiger partial charge in [-0.1, -0.05) is 18.5 Å². The van der Waals surface area contributed by atoms with Crippen molar-refractivity contribution in [3.63, 3.8) is 0 Å². The molecule has 3 nitrogen and oxygen atoms in total. The number of nitrogens with zero attached hydrogens (tertiary/aromatic N) is 1. The van der Waals surface area contributed by atoms with Crippen LogP contribution in [0.5, 0.6) is 0 Å². The molecule has 1 atom stereocenters. The van der Waals surface area contributed by atoms with Crippen molar-refractivity contribution < 1.29 is 8.42 Å². The van der Waals surface area contributed by atoms with E-state index in [0.29, 0.717) is 27.6 Å². The fourth-order valence-corrected chi connectivity index (χ4v) is 5.16. The Balaban J connectivity index is 2.25. The molecule has 6 heteroatoms. The van der Waals surface area contributed by atoms with Crippen LogP contribution in [0.15, 0.2) is 16.3 Å². The molecule has 1 fully saturated rings. The molecule has 0 bridgehead atoms. The SMILES string of the molecule is C[C@H]1CCCN(S(=O)(=O)c2ccc(Cl)s2)C1. The summed E-state index contributed by atoms with van der Waals surface area (Å²) < 4.78 is 26.9. The van der Waals surface area contributed by atoms with Crippen molar-refractivity contribution in [3.8, 4) is 0 Å². The number of hydrogen-bond acceptors (Lipinski definition) is 3. The van der Waals surface area contributed by atoms with E-state index in [2.05, 4.69) is 6.92 Å².